The van der Waals surface area contributed by atoms with Crippen molar-refractivity contribution in [2.45, 2.75) is 33.0 Å². The minimum Gasteiger partial charge on any atom is -0.597 e. The topological polar surface area (TPSA) is 125 Å². The molecule has 2 N–H and O–H groups in total. The molecule has 0 spiro atoms. The van der Waals surface area contributed by atoms with E-state index in [1.807, 2.05) is 20.8 Å². The van der Waals surface area contributed by atoms with E-state index in [0.29, 0.717) is 19.6 Å². The van der Waals surface area contributed by atoms with Crippen molar-refractivity contribution in [1.82, 2.24) is 14.9 Å². The second-order valence-corrected chi connectivity index (χ2v) is 11.0. The van der Waals surface area contributed by atoms with Crippen molar-refractivity contribution in [2.75, 3.05) is 39.4 Å². The fourth-order valence-electron chi connectivity index (χ4n) is 1.74. The van der Waals surface area contributed by atoms with E-state index in [4.69, 9.17) is 20.9 Å². The van der Waals surface area contributed by atoms with Gasteiger partial charge >= 0.3 is 6.09 Å². The van der Waals surface area contributed by atoms with E-state index >= 15 is 0 Å². The number of carbonyl (C=O) groups excluding carboxylic acids is 2. The van der Waals surface area contributed by atoms with Gasteiger partial charge in [-0.25, -0.2) is 4.79 Å². The van der Waals surface area contributed by atoms with Crippen LogP contribution in [0.1, 0.15) is 27.2 Å². The average Bonchev–Trinajstić information content (AvgIpc) is 2.64. The number of nitrogens with one attached hydrogen (secondary N) is 2. The third-order valence-electron chi connectivity index (χ3n) is 3.00. The number of thioether (sulfide) groups is 1. The molecule has 0 aromatic rings. The van der Waals surface area contributed by atoms with E-state index in [2.05, 4.69) is 20.0 Å². The second kappa shape index (κ2) is 14.6. The third kappa shape index (κ3) is 9.88. The van der Waals surface area contributed by atoms with Gasteiger partial charge in [0, 0.05) is 14.1 Å². The highest BCUT2D eigenvalue weighted by molar-refractivity contribution is 8.15. The van der Waals surface area contributed by atoms with E-state index in [-0.39, 0.29) is 10.9 Å². The summed E-state index contributed by atoms with van der Waals surface area (Å²) in [4.78, 5) is 29.4. The van der Waals surface area contributed by atoms with Gasteiger partial charge in [-0.1, -0.05) is 12.1 Å². The fourth-order valence-corrected chi connectivity index (χ4v) is 6.95. The lowest BCUT2D eigenvalue weighted by Gasteiger charge is -2.29. The predicted molar refractivity (Wildman–Crippen MR) is 117 cm³/mol. The van der Waals surface area contributed by atoms with E-state index in [0.717, 1.165) is 11.8 Å². The molecule has 0 saturated carbocycles. The molecule has 0 fully saturated rings. The lowest BCUT2D eigenvalue weighted by molar-refractivity contribution is -0.121. The van der Waals surface area contributed by atoms with Gasteiger partial charge in [0.15, 0.2) is 0 Å². The molecular formula is C14H29N4O6PS3. The van der Waals surface area contributed by atoms with Crippen LogP contribution in [0, 0.1) is 0 Å². The molecule has 0 aliphatic rings. The van der Waals surface area contributed by atoms with Crippen LogP contribution in [0.4, 0.5) is 4.79 Å². The van der Waals surface area contributed by atoms with Gasteiger partial charge in [0.05, 0.1) is 24.6 Å². The second-order valence-electron chi connectivity index (χ2n) is 5.26. The monoisotopic (exact) mass is 476 g/mol. The summed E-state index contributed by atoms with van der Waals surface area (Å²) in [6.45, 7) is 3.60. The summed E-state index contributed by atoms with van der Waals surface area (Å²) in [5.41, 5.74) is 0. The molecule has 0 aliphatic carbocycles. The lowest BCUT2D eigenvalue weighted by atomic mass is 10.5. The van der Waals surface area contributed by atoms with Crippen LogP contribution >= 0.6 is 18.3 Å². The zero-order valence-corrected chi connectivity index (χ0v) is 20.3. The highest BCUT2D eigenvalue weighted by Gasteiger charge is 2.33. The summed E-state index contributed by atoms with van der Waals surface area (Å²) >= 11 is 4.90. The van der Waals surface area contributed by atoms with Gasteiger partial charge in [0.2, 0.25) is 17.4 Å². The lowest BCUT2D eigenvalue weighted by Crippen LogP contribution is -2.41. The van der Waals surface area contributed by atoms with Crippen LogP contribution in [0.3, 0.4) is 0 Å². The van der Waals surface area contributed by atoms with Gasteiger partial charge in [0.1, 0.15) is 5.78 Å². The molecule has 164 valence electrons. The van der Waals surface area contributed by atoms with Crippen molar-refractivity contribution in [3.8, 4) is 0 Å². The molecular weight excluding hydrogens is 447 g/mol. The Balaban J connectivity index is 4.70. The molecule has 0 bridgehead atoms. The molecule has 0 radical (unpaired) electrons. The smallest absolute Gasteiger partial charge is 0.437 e. The quantitative estimate of drug-likeness (QED) is 0.115. The van der Waals surface area contributed by atoms with Crippen LogP contribution < -0.4 is 10.0 Å². The summed E-state index contributed by atoms with van der Waals surface area (Å²) in [7, 11) is 3.11. The Morgan fingerprint density at radius 3 is 2.29 bits per heavy atom. The summed E-state index contributed by atoms with van der Waals surface area (Å²) < 4.78 is 26.3. The Labute approximate surface area is 179 Å². The van der Waals surface area contributed by atoms with E-state index in [1.165, 1.54) is 4.90 Å². The Bertz CT molecular complexity index is 571. The van der Waals surface area contributed by atoms with Crippen molar-refractivity contribution in [1.29, 1.82) is 0 Å². The van der Waals surface area contributed by atoms with Crippen molar-refractivity contribution in [3.63, 3.8) is 0 Å². The first-order chi connectivity index (χ1) is 13.1. The molecule has 28 heavy (non-hydrogen) atoms. The van der Waals surface area contributed by atoms with Crippen LogP contribution in [0.25, 0.3) is 0 Å². The van der Waals surface area contributed by atoms with Crippen LogP contribution in [0.2, 0.25) is 0 Å². The Kier molecular flexibility index (Phi) is 14.4. The van der Waals surface area contributed by atoms with Crippen molar-refractivity contribution >= 4 is 58.5 Å². The number of oxime groups is 1. The normalized spacial score (nSPS) is 14.3. The van der Waals surface area contributed by atoms with E-state index in [9.17, 15) is 14.1 Å². The number of rotatable bonds is 11. The maximum Gasteiger partial charge on any atom is 0.437 e. The van der Waals surface area contributed by atoms with Gasteiger partial charge < -0.3 is 18.5 Å². The molecule has 2 unspecified atom stereocenters. The van der Waals surface area contributed by atoms with Crippen molar-refractivity contribution in [2.24, 2.45) is 5.16 Å². The molecule has 0 saturated heterocycles. The first kappa shape index (κ1) is 27.6. The zero-order valence-electron chi connectivity index (χ0n) is 16.9. The highest BCUT2D eigenvalue weighted by Crippen LogP contribution is 2.53. The van der Waals surface area contributed by atoms with Gasteiger partial charge in [-0.2, -0.15) is 0 Å². The molecule has 0 aromatic heterocycles. The zero-order chi connectivity index (χ0) is 21.7. The summed E-state index contributed by atoms with van der Waals surface area (Å²) in [6.07, 6.45) is 1.24. The maximum atomic E-state index is 12.3. The first-order valence-electron chi connectivity index (χ1n) is 8.46. The van der Waals surface area contributed by atoms with E-state index in [1.54, 1.807) is 20.4 Å². The number of amides is 2. The maximum absolute atomic E-state index is 12.3. The first-order valence-corrected chi connectivity index (χ1v) is 13.7. The molecule has 0 aromatic carbocycles. The van der Waals surface area contributed by atoms with Crippen LogP contribution in [0.5, 0.6) is 0 Å². The molecule has 0 aliphatic heterocycles. The Morgan fingerprint density at radius 2 is 1.86 bits per heavy atom. The Morgan fingerprint density at radius 1 is 1.29 bits per heavy atom. The largest absolute Gasteiger partial charge is 0.597 e. The van der Waals surface area contributed by atoms with Gasteiger partial charge in [-0.3, -0.25) is 14.9 Å². The molecule has 0 heterocycles. The van der Waals surface area contributed by atoms with E-state index < -0.39 is 35.6 Å². The highest BCUT2D eigenvalue weighted by atomic mass is 32.5. The number of carbonyl (C=O) groups is 2. The predicted octanol–water partition coefficient (Wildman–Crippen LogP) is 1.81. The van der Waals surface area contributed by atoms with Crippen LogP contribution in [0.15, 0.2) is 5.16 Å². The minimum atomic E-state index is -2.66. The number of hydrogen-bond acceptors (Lipinski definition) is 10. The third-order valence-corrected chi connectivity index (χ3v) is 8.65. The van der Waals surface area contributed by atoms with Gasteiger partial charge in [-0.15, -0.1) is 16.5 Å². The summed E-state index contributed by atoms with van der Waals surface area (Å²) in [5, 5.41) is 5.83. The standard InChI is InChI=1S/C14H29N4O6PS3/c1-7-11(25(26,22-8-2)23-9-3)17-28(21)10-15-14(20)24-16-12(27-6)13(19)18(4)5/h11,17H,7-10H2,1-6H3,(H,15,20). The average molecular weight is 477 g/mol. The molecule has 2 atom stereocenters. The van der Waals surface area contributed by atoms with Crippen LogP contribution in [-0.2, 0) is 41.8 Å². The SMILES string of the molecule is CCOP(=S)(OCC)C(CC)N[S+]([O-])CNC(=O)ON=C(SC)C(=O)N(C)C. The minimum absolute atomic E-state index is 0.0135. The van der Waals surface area contributed by atoms with Crippen molar-refractivity contribution in [3.05, 3.63) is 0 Å². The number of hydrogen-bond donors (Lipinski definition) is 2. The van der Waals surface area contributed by atoms with Gasteiger partial charge in [-0.05, 0) is 38.3 Å². The van der Waals surface area contributed by atoms with Crippen LogP contribution in [-0.4, -0.2) is 71.7 Å². The molecule has 0 rings (SSSR count). The fraction of sp³-hybridized carbons (Fsp3) is 0.786. The number of nitrogens with zero attached hydrogens (tertiary/aromatic N) is 2. The molecule has 2 amide bonds. The molecule has 10 nitrogen and oxygen atoms in total. The summed E-state index contributed by atoms with van der Waals surface area (Å²) in [5.74, 6) is -1.07. The molecule has 14 heteroatoms. The van der Waals surface area contributed by atoms with Crippen molar-refractivity contribution < 1.29 is 28.0 Å². The Hall–Kier alpha value is -0.400. The summed E-state index contributed by atoms with van der Waals surface area (Å²) in [6, 6.07) is 0. The van der Waals surface area contributed by atoms with Gasteiger partial charge in [0.25, 0.3) is 5.91 Å².